The van der Waals surface area contributed by atoms with E-state index in [0.29, 0.717) is 19.3 Å². The third-order valence-corrected chi connectivity index (χ3v) is 3.39. The highest BCUT2D eigenvalue weighted by molar-refractivity contribution is 4.71. The largest absolute Gasteiger partial charge is 0.394 e. The second-order valence-corrected chi connectivity index (χ2v) is 4.93. The van der Waals surface area contributed by atoms with Gasteiger partial charge in [-0.25, -0.2) is 0 Å². The van der Waals surface area contributed by atoms with Crippen molar-refractivity contribution < 1.29 is 9.84 Å². The summed E-state index contributed by atoms with van der Waals surface area (Å²) in [5.41, 5.74) is 0. The number of aliphatic hydroxyl groups excluding tert-OH is 1. The molecule has 0 aromatic heterocycles. The molecule has 2 N–H and O–H groups in total. The van der Waals surface area contributed by atoms with E-state index >= 15 is 0 Å². The maximum atomic E-state index is 8.55. The van der Waals surface area contributed by atoms with Crippen molar-refractivity contribution in [3.63, 3.8) is 0 Å². The first-order valence-corrected chi connectivity index (χ1v) is 6.75. The molecule has 1 unspecified atom stereocenters. The number of rotatable bonds is 8. The van der Waals surface area contributed by atoms with Crippen LogP contribution in [0.15, 0.2) is 0 Å². The van der Waals surface area contributed by atoms with Crippen LogP contribution in [0.25, 0.3) is 0 Å². The van der Waals surface area contributed by atoms with Gasteiger partial charge in [0.1, 0.15) is 0 Å². The van der Waals surface area contributed by atoms with E-state index in [2.05, 4.69) is 12.2 Å². The Morgan fingerprint density at radius 2 is 2.00 bits per heavy atom. The molecule has 3 heteroatoms. The monoisotopic (exact) mass is 229 g/mol. The second-order valence-electron chi connectivity index (χ2n) is 4.93. The van der Waals surface area contributed by atoms with Crippen molar-refractivity contribution >= 4 is 0 Å². The molecule has 0 heterocycles. The summed E-state index contributed by atoms with van der Waals surface area (Å²) >= 11 is 0. The highest BCUT2D eigenvalue weighted by atomic mass is 16.5. The summed E-state index contributed by atoms with van der Waals surface area (Å²) in [6.07, 6.45) is 8.45. The molecular formula is C13H27NO2. The van der Waals surface area contributed by atoms with Crippen LogP contribution >= 0.6 is 0 Å². The van der Waals surface area contributed by atoms with Gasteiger partial charge in [0.25, 0.3) is 0 Å². The third-order valence-electron chi connectivity index (χ3n) is 3.39. The Morgan fingerprint density at radius 3 is 2.69 bits per heavy atom. The first-order chi connectivity index (χ1) is 7.83. The van der Waals surface area contributed by atoms with Gasteiger partial charge in [-0.3, -0.25) is 0 Å². The topological polar surface area (TPSA) is 41.5 Å². The highest BCUT2D eigenvalue weighted by Gasteiger charge is 2.15. The minimum Gasteiger partial charge on any atom is -0.394 e. The number of nitrogens with one attached hydrogen (secondary N) is 1. The Labute approximate surface area is 99.6 Å². The Morgan fingerprint density at radius 1 is 1.25 bits per heavy atom. The molecule has 0 aromatic rings. The zero-order valence-electron chi connectivity index (χ0n) is 10.6. The van der Waals surface area contributed by atoms with Gasteiger partial charge in [-0.2, -0.15) is 0 Å². The first kappa shape index (κ1) is 13.9. The van der Waals surface area contributed by atoms with Crippen molar-refractivity contribution in [2.75, 3.05) is 26.4 Å². The third kappa shape index (κ3) is 6.46. The van der Waals surface area contributed by atoms with Gasteiger partial charge in [-0.15, -0.1) is 0 Å². The summed E-state index contributed by atoms with van der Waals surface area (Å²) in [7, 11) is 0. The van der Waals surface area contributed by atoms with Gasteiger partial charge >= 0.3 is 0 Å². The molecule has 0 saturated heterocycles. The van der Waals surface area contributed by atoms with Crippen LogP contribution < -0.4 is 5.32 Å². The molecule has 1 atom stereocenters. The molecule has 1 rings (SSSR count). The van der Waals surface area contributed by atoms with Crippen molar-refractivity contribution in [3.8, 4) is 0 Å². The molecule has 0 aromatic carbocycles. The predicted octanol–water partition coefficient (Wildman–Crippen LogP) is 1.94. The molecule has 96 valence electrons. The zero-order valence-corrected chi connectivity index (χ0v) is 10.6. The number of aliphatic hydroxyl groups is 1. The molecule has 0 bridgehead atoms. The lowest BCUT2D eigenvalue weighted by atomic mass is 9.85. The molecule has 0 amide bonds. The molecule has 1 fully saturated rings. The van der Waals surface area contributed by atoms with E-state index in [9.17, 15) is 0 Å². The minimum absolute atomic E-state index is 0.123. The average Bonchev–Trinajstić information content (AvgIpc) is 2.30. The summed E-state index contributed by atoms with van der Waals surface area (Å²) < 4.78 is 5.21. The van der Waals surface area contributed by atoms with E-state index in [4.69, 9.17) is 9.84 Å². The maximum Gasteiger partial charge on any atom is 0.0698 e. The molecule has 1 aliphatic carbocycles. The van der Waals surface area contributed by atoms with E-state index in [1.165, 1.54) is 38.5 Å². The standard InChI is InChI=1S/C13H27NO2/c1-12(14-7-9-16-10-8-15)11-13-5-3-2-4-6-13/h12-15H,2-11H2,1H3. The van der Waals surface area contributed by atoms with Crippen molar-refractivity contribution in [2.24, 2.45) is 5.92 Å². The minimum atomic E-state index is 0.123. The van der Waals surface area contributed by atoms with Crippen molar-refractivity contribution in [1.29, 1.82) is 0 Å². The quantitative estimate of drug-likeness (QED) is 0.625. The molecule has 16 heavy (non-hydrogen) atoms. The van der Waals surface area contributed by atoms with Gasteiger partial charge in [-0.05, 0) is 19.3 Å². The van der Waals surface area contributed by atoms with Crippen LogP contribution in [0.5, 0.6) is 0 Å². The van der Waals surface area contributed by atoms with Crippen LogP contribution in [-0.4, -0.2) is 37.5 Å². The van der Waals surface area contributed by atoms with E-state index < -0.39 is 0 Å². The van der Waals surface area contributed by atoms with Gasteiger partial charge in [-0.1, -0.05) is 32.1 Å². The maximum absolute atomic E-state index is 8.55. The Kier molecular flexibility index (Phi) is 7.81. The van der Waals surface area contributed by atoms with Crippen LogP contribution in [0.2, 0.25) is 0 Å². The molecule has 0 spiro atoms. The fraction of sp³-hybridized carbons (Fsp3) is 1.00. The summed E-state index contributed by atoms with van der Waals surface area (Å²) in [5, 5.41) is 12.0. The predicted molar refractivity (Wildman–Crippen MR) is 66.6 cm³/mol. The molecule has 0 aliphatic heterocycles. The van der Waals surface area contributed by atoms with Crippen LogP contribution in [0, 0.1) is 5.92 Å². The normalized spacial score (nSPS) is 19.9. The Balaban J connectivity index is 1.95. The summed E-state index contributed by atoms with van der Waals surface area (Å²) in [6, 6.07) is 0.598. The summed E-state index contributed by atoms with van der Waals surface area (Å²) in [6.45, 7) is 4.44. The smallest absolute Gasteiger partial charge is 0.0698 e. The molecule has 0 radical (unpaired) electrons. The van der Waals surface area contributed by atoms with Crippen molar-refractivity contribution in [3.05, 3.63) is 0 Å². The average molecular weight is 229 g/mol. The Bertz CT molecular complexity index is 158. The van der Waals surface area contributed by atoms with Crippen LogP contribution in [0.1, 0.15) is 45.4 Å². The first-order valence-electron chi connectivity index (χ1n) is 6.75. The Hall–Kier alpha value is -0.120. The highest BCUT2D eigenvalue weighted by Crippen LogP contribution is 2.27. The lowest BCUT2D eigenvalue weighted by molar-refractivity contribution is 0.0922. The SMILES string of the molecule is CC(CC1CCCCC1)NCCOCCO. The number of hydrogen-bond acceptors (Lipinski definition) is 3. The van der Waals surface area contributed by atoms with E-state index in [0.717, 1.165) is 12.5 Å². The summed E-state index contributed by atoms with van der Waals surface area (Å²) in [4.78, 5) is 0. The number of hydrogen-bond donors (Lipinski definition) is 2. The van der Waals surface area contributed by atoms with Crippen LogP contribution in [0.4, 0.5) is 0 Å². The van der Waals surface area contributed by atoms with Gasteiger partial charge in [0, 0.05) is 12.6 Å². The fourth-order valence-corrected chi connectivity index (χ4v) is 2.55. The fourth-order valence-electron chi connectivity index (χ4n) is 2.55. The van der Waals surface area contributed by atoms with Crippen LogP contribution in [0.3, 0.4) is 0 Å². The molecule has 1 saturated carbocycles. The second kappa shape index (κ2) is 8.97. The van der Waals surface area contributed by atoms with Gasteiger partial charge in [0.2, 0.25) is 0 Å². The number of ether oxygens (including phenoxy) is 1. The van der Waals surface area contributed by atoms with Gasteiger partial charge in [0.15, 0.2) is 0 Å². The van der Waals surface area contributed by atoms with Crippen molar-refractivity contribution in [1.82, 2.24) is 5.32 Å². The lowest BCUT2D eigenvalue weighted by Crippen LogP contribution is -2.31. The zero-order chi connectivity index (χ0) is 11.6. The van der Waals surface area contributed by atoms with E-state index in [1.54, 1.807) is 0 Å². The molecule has 3 nitrogen and oxygen atoms in total. The lowest BCUT2D eigenvalue weighted by Gasteiger charge is -2.25. The summed E-state index contributed by atoms with van der Waals surface area (Å²) in [5.74, 6) is 0.939. The van der Waals surface area contributed by atoms with E-state index in [1.807, 2.05) is 0 Å². The van der Waals surface area contributed by atoms with Crippen molar-refractivity contribution in [2.45, 2.75) is 51.5 Å². The molecule has 1 aliphatic rings. The van der Waals surface area contributed by atoms with Gasteiger partial charge in [0.05, 0.1) is 19.8 Å². The van der Waals surface area contributed by atoms with E-state index in [-0.39, 0.29) is 6.61 Å². The van der Waals surface area contributed by atoms with Crippen LogP contribution in [-0.2, 0) is 4.74 Å². The van der Waals surface area contributed by atoms with Gasteiger partial charge < -0.3 is 15.2 Å². The molecular weight excluding hydrogens is 202 g/mol.